The maximum atomic E-state index is 13.4. The molecule has 0 aliphatic carbocycles. The zero-order valence-electron chi connectivity index (χ0n) is 18.1. The third kappa shape index (κ3) is 4.32. The number of ether oxygens (including phenoxy) is 1. The van der Waals surface area contributed by atoms with Crippen molar-refractivity contribution in [1.29, 1.82) is 0 Å². The Labute approximate surface area is 191 Å². The van der Waals surface area contributed by atoms with Gasteiger partial charge < -0.3 is 10.1 Å². The maximum absolute atomic E-state index is 13.4. The third-order valence-electron chi connectivity index (χ3n) is 5.25. The minimum atomic E-state index is -0.122. The summed E-state index contributed by atoms with van der Waals surface area (Å²) in [4.78, 5) is 22.2. The predicted octanol–water partition coefficient (Wildman–Crippen LogP) is 5.41. The van der Waals surface area contributed by atoms with Gasteiger partial charge in [0.05, 0.1) is 16.6 Å². The van der Waals surface area contributed by atoms with Crippen LogP contribution in [0.5, 0.6) is 5.88 Å². The van der Waals surface area contributed by atoms with Crippen molar-refractivity contribution in [3.05, 3.63) is 119 Å². The summed E-state index contributed by atoms with van der Waals surface area (Å²) in [7, 11) is 0. The molecule has 1 N–H and O–H groups in total. The first-order valence-corrected chi connectivity index (χ1v) is 10.7. The molecule has 0 aliphatic rings. The van der Waals surface area contributed by atoms with Crippen molar-refractivity contribution >= 4 is 22.4 Å². The highest BCUT2D eigenvalue weighted by Crippen LogP contribution is 2.27. The Hall–Kier alpha value is -4.45. The van der Waals surface area contributed by atoms with Crippen molar-refractivity contribution in [2.75, 3.05) is 5.32 Å². The number of nitrogens with zero attached hydrogens (tertiary/aromatic N) is 3. The van der Waals surface area contributed by atoms with E-state index in [0.717, 1.165) is 22.6 Å². The van der Waals surface area contributed by atoms with Crippen molar-refractivity contribution in [2.45, 2.75) is 13.5 Å². The molecule has 0 saturated carbocycles. The highest BCUT2D eigenvalue weighted by Gasteiger charge is 2.17. The van der Waals surface area contributed by atoms with Crippen LogP contribution in [0, 0.1) is 6.92 Å². The summed E-state index contributed by atoms with van der Waals surface area (Å²) >= 11 is 0. The molecular weight excluding hydrogens is 412 g/mol. The highest BCUT2D eigenvalue weighted by molar-refractivity contribution is 5.86. The summed E-state index contributed by atoms with van der Waals surface area (Å²) in [5, 5.41) is 3.93. The summed E-state index contributed by atoms with van der Waals surface area (Å²) in [6, 6.07) is 28.8. The molecule has 0 atom stereocenters. The quantitative estimate of drug-likeness (QED) is 0.387. The first-order chi connectivity index (χ1) is 16.2. The van der Waals surface area contributed by atoms with Crippen molar-refractivity contribution in [1.82, 2.24) is 14.5 Å². The Morgan fingerprint density at radius 3 is 2.36 bits per heavy atom. The molecule has 0 aliphatic heterocycles. The molecule has 5 aromatic rings. The Balaban J connectivity index is 1.70. The van der Waals surface area contributed by atoms with Gasteiger partial charge in [0.25, 0.3) is 0 Å². The van der Waals surface area contributed by atoms with Crippen LogP contribution in [0.2, 0.25) is 0 Å². The van der Waals surface area contributed by atoms with Crippen LogP contribution in [0.15, 0.2) is 102 Å². The van der Waals surface area contributed by atoms with E-state index in [-0.39, 0.29) is 12.0 Å². The third-order valence-corrected chi connectivity index (χ3v) is 5.25. The van der Waals surface area contributed by atoms with Gasteiger partial charge in [-0.15, -0.1) is 0 Å². The summed E-state index contributed by atoms with van der Waals surface area (Å²) in [5.74, 6) is 1.16. The molecule has 0 amide bonds. The lowest BCUT2D eigenvalue weighted by atomic mass is 10.1. The van der Waals surface area contributed by atoms with Crippen molar-refractivity contribution in [3.8, 4) is 11.6 Å². The molecular formula is C27H22N4O2. The van der Waals surface area contributed by atoms with Crippen LogP contribution < -0.4 is 15.5 Å². The molecule has 0 spiro atoms. The summed E-state index contributed by atoms with van der Waals surface area (Å²) in [6.45, 7) is 2.06. The monoisotopic (exact) mass is 434 g/mol. The Morgan fingerprint density at radius 2 is 1.64 bits per heavy atom. The first-order valence-electron chi connectivity index (χ1n) is 10.7. The van der Waals surface area contributed by atoms with E-state index >= 15 is 0 Å². The number of hydrogen-bond donors (Lipinski definition) is 1. The second-order valence-electron chi connectivity index (χ2n) is 7.62. The highest BCUT2D eigenvalue weighted by atomic mass is 16.5. The van der Waals surface area contributed by atoms with Gasteiger partial charge in [-0.25, -0.2) is 4.98 Å². The lowest BCUT2D eigenvalue weighted by Crippen LogP contribution is -2.16. The SMILES string of the molecule is Cc1cc2c(c(COc3ccccn3)n1)c(=O)cc(Nc1ccccc1)n2-c1ccccc1. The molecule has 6 nitrogen and oxygen atoms in total. The van der Waals surface area contributed by atoms with Crippen molar-refractivity contribution < 1.29 is 4.74 Å². The van der Waals surface area contributed by atoms with E-state index in [1.165, 1.54) is 0 Å². The van der Waals surface area contributed by atoms with Gasteiger partial charge in [-0.2, -0.15) is 0 Å². The number of hydrogen-bond acceptors (Lipinski definition) is 5. The lowest BCUT2D eigenvalue weighted by molar-refractivity contribution is 0.290. The number of benzene rings is 2. The fourth-order valence-corrected chi connectivity index (χ4v) is 3.85. The summed E-state index contributed by atoms with van der Waals surface area (Å²) in [5.41, 5.74) is 3.84. The molecule has 0 fully saturated rings. The molecule has 0 bridgehead atoms. The number of para-hydroxylation sites is 2. The van der Waals surface area contributed by atoms with Gasteiger partial charge in [-0.1, -0.05) is 42.5 Å². The molecule has 3 aromatic heterocycles. The van der Waals surface area contributed by atoms with Crippen LogP contribution in [0.25, 0.3) is 16.6 Å². The first kappa shape index (κ1) is 20.5. The minimum absolute atomic E-state index is 0.122. The second-order valence-corrected chi connectivity index (χ2v) is 7.62. The van der Waals surface area contributed by atoms with Crippen LogP contribution >= 0.6 is 0 Å². The van der Waals surface area contributed by atoms with Crippen LogP contribution in [0.4, 0.5) is 11.5 Å². The minimum Gasteiger partial charge on any atom is -0.471 e. The van der Waals surface area contributed by atoms with Crippen LogP contribution in [0.3, 0.4) is 0 Å². The van der Waals surface area contributed by atoms with E-state index < -0.39 is 0 Å². The van der Waals surface area contributed by atoms with Crippen molar-refractivity contribution in [3.63, 3.8) is 0 Å². The van der Waals surface area contributed by atoms with Gasteiger partial charge >= 0.3 is 0 Å². The molecule has 2 aromatic carbocycles. The summed E-state index contributed by atoms with van der Waals surface area (Å²) in [6.07, 6.45) is 1.67. The Kier molecular flexibility index (Phi) is 5.55. The Bertz CT molecular complexity index is 1450. The molecule has 0 saturated heterocycles. The fraction of sp³-hybridized carbons (Fsp3) is 0.0741. The normalized spacial score (nSPS) is 10.8. The average molecular weight is 434 g/mol. The number of aryl methyl sites for hydroxylation is 1. The zero-order valence-corrected chi connectivity index (χ0v) is 18.1. The largest absolute Gasteiger partial charge is 0.471 e. The number of nitrogens with one attached hydrogen (secondary N) is 1. The zero-order chi connectivity index (χ0) is 22.6. The van der Waals surface area contributed by atoms with Crippen LogP contribution in [0.1, 0.15) is 11.4 Å². The van der Waals surface area contributed by atoms with Crippen LogP contribution in [-0.2, 0) is 6.61 Å². The van der Waals surface area contributed by atoms with Gasteiger partial charge in [0.1, 0.15) is 12.4 Å². The van der Waals surface area contributed by atoms with Gasteiger partial charge in [-0.05, 0) is 43.3 Å². The molecule has 5 rings (SSSR count). The van der Waals surface area contributed by atoms with Gasteiger partial charge in [0.15, 0.2) is 5.43 Å². The molecule has 162 valence electrons. The smallest absolute Gasteiger partial charge is 0.213 e. The predicted molar refractivity (Wildman–Crippen MR) is 130 cm³/mol. The molecule has 6 heteroatoms. The van der Waals surface area contributed by atoms with E-state index in [1.54, 1.807) is 18.3 Å². The molecule has 3 heterocycles. The average Bonchev–Trinajstić information content (AvgIpc) is 2.84. The second kappa shape index (κ2) is 8.96. The molecule has 0 radical (unpaired) electrons. The van der Waals surface area contributed by atoms with Gasteiger partial charge in [-0.3, -0.25) is 14.3 Å². The summed E-state index contributed by atoms with van der Waals surface area (Å²) < 4.78 is 7.89. The van der Waals surface area contributed by atoms with E-state index in [4.69, 9.17) is 4.74 Å². The van der Waals surface area contributed by atoms with Gasteiger partial charge in [0.2, 0.25) is 5.88 Å². The van der Waals surface area contributed by atoms with E-state index in [1.807, 2.05) is 90.4 Å². The molecule has 33 heavy (non-hydrogen) atoms. The maximum Gasteiger partial charge on any atom is 0.213 e. The van der Waals surface area contributed by atoms with Crippen molar-refractivity contribution in [2.24, 2.45) is 0 Å². The number of rotatable bonds is 6. The topological polar surface area (TPSA) is 69.0 Å². The lowest BCUT2D eigenvalue weighted by Gasteiger charge is -2.20. The number of fused-ring (bicyclic) bond motifs is 1. The molecule has 0 unspecified atom stereocenters. The van der Waals surface area contributed by atoms with E-state index in [2.05, 4.69) is 15.3 Å². The number of pyridine rings is 3. The number of anilines is 2. The van der Waals surface area contributed by atoms with E-state index in [0.29, 0.717) is 22.8 Å². The standard InChI is InChI=1S/C27H22N4O2/c1-19-16-23-27(22(29-19)18-33-26-14-8-9-15-28-26)24(32)17-25(30-20-10-4-2-5-11-20)31(23)21-12-6-3-7-13-21/h2-17,30H,18H2,1H3. The van der Waals surface area contributed by atoms with Crippen LogP contribution in [-0.4, -0.2) is 14.5 Å². The Morgan fingerprint density at radius 1 is 0.909 bits per heavy atom. The van der Waals surface area contributed by atoms with E-state index in [9.17, 15) is 4.79 Å². The number of aromatic nitrogens is 3. The van der Waals surface area contributed by atoms with Gasteiger partial charge in [0, 0.05) is 35.4 Å². The fourth-order valence-electron chi connectivity index (χ4n) is 3.85.